The van der Waals surface area contributed by atoms with Crippen LogP contribution in [0.3, 0.4) is 0 Å². The Bertz CT molecular complexity index is 860. The van der Waals surface area contributed by atoms with Gasteiger partial charge in [0.25, 0.3) is 0 Å². The highest BCUT2D eigenvalue weighted by atomic mass is 16.5. The van der Waals surface area contributed by atoms with Gasteiger partial charge in [-0.3, -0.25) is 4.79 Å². The standard InChI is InChI=1S/C20H26N2O6/c1-11-12(2)28-17(21-11)10-27-18(23)13-8-15(25-6)16(26-7)9-14(13)22-19(24)20(3,4)5/h8-9H,10H2,1-7H3,(H,22,24). The summed E-state index contributed by atoms with van der Waals surface area (Å²) in [5.41, 5.74) is 0.481. The highest BCUT2D eigenvalue weighted by Gasteiger charge is 2.25. The van der Waals surface area contributed by atoms with Gasteiger partial charge >= 0.3 is 5.97 Å². The van der Waals surface area contributed by atoms with Crippen molar-refractivity contribution in [1.29, 1.82) is 0 Å². The van der Waals surface area contributed by atoms with Gasteiger partial charge in [-0.2, -0.15) is 0 Å². The topological polar surface area (TPSA) is 99.9 Å². The van der Waals surface area contributed by atoms with Crippen molar-refractivity contribution < 1.29 is 28.2 Å². The average Bonchev–Trinajstić information content (AvgIpc) is 2.96. The van der Waals surface area contributed by atoms with Crippen LogP contribution in [0.5, 0.6) is 11.5 Å². The van der Waals surface area contributed by atoms with Crippen molar-refractivity contribution in [3.63, 3.8) is 0 Å². The number of hydrogen-bond acceptors (Lipinski definition) is 7. The van der Waals surface area contributed by atoms with Crippen LogP contribution in [-0.2, 0) is 16.1 Å². The van der Waals surface area contributed by atoms with Crippen LogP contribution in [0.4, 0.5) is 5.69 Å². The number of carbonyl (C=O) groups excluding carboxylic acids is 2. The van der Waals surface area contributed by atoms with Gasteiger partial charge in [0.15, 0.2) is 18.1 Å². The fourth-order valence-corrected chi connectivity index (χ4v) is 2.27. The molecule has 1 aromatic carbocycles. The highest BCUT2D eigenvalue weighted by molar-refractivity contribution is 6.03. The molecule has 1 aromatic heterocycles. The Kier molecular flexibility index (Phi) is 6.33. The normalized spacial score (nSPS) is 11.1. The molecule has 0 unspecified atom stereocenters. The zero-order chi connectivity index (χ0) is 21.1. The Labute approximate surface area is 164 Å². The number of aryl methyl sites for hydroxylation is 2. The average molecular weight is 390 g/mol. The molecule has 0 saturated heterocycles. The number of oxazole rings is 1. The molecule has 0 atom stereocenters. The summed E-state index contributed by atoms with van der Waals surface area (Å²) < 4.78 is 21.3. The fourth-order valence-electron chi connectivity index (χ4n) is 2.27. The molecule has 2 aromatic rings. The first-order valence-corrected chi connectivity index (χ1v) is 8.74. The first-order valence-electron chi connectivity index (χ1n) is 8.74. The summed E-state index contributed by atoms with van der Waals surface area (Å²) in [6.07, 6.45) is 0. The summed E-state index contributed by atoms with van der Waals surface area (Å²) in [7, 11) is 2.93. The lowest BCUT2D eigenvalue weighted by Crippen LogP contribution is -2.28. The van der Waals surface area contributed by atoms with E-state index in [0.717, 1.165) is 5.69 Å². The molecule has 1 N–H and O–H groups in total. The second kappa shape index (κ2) is 8.33. The van der Waals surface area contributed by atoms with Crippen molar-refractivity contribution in [2.45, 2.75) is 41.2 Å². The van der Waals surface area contributed by atoms with E-state index in [0.29, 0.717) is 23.1 Å². The van der Waals surface area contributed by atoms with Crippen molar-refractivity contribution in [2.75, 3.05) is 19.5 Å². The number of benzene rings is 1. The van der Waals surface area contributed by atoms with Gasteiger partial charge in [-0.15, -0.1) is 0 Å². The third-order valence-corrected chi connectivity index (χ3v) is 4.07. The number of carbonyl (C=O) groups is 2. The quantitative estimate of drug-likeness (QED) is 0.752. The number of amides is 1. The SMILES string of the molecule is COc1cc(NC(=O)C(C)(C)C)c(C(=O)OCc2nc(C)c(C)o2)cc1OC. The number of hydrogen-bond donors (Lipinski definition) is 1. The van der Waals surface area contributed by atoms with Crippen molar-refractivity contribution in [3.8, 4) is 11.5 Å². The van der Waals surface area contributed by atoms with Gasteiger partial charge in [0.2, 0.25) is 11.8 Å². The van der Waals surface area contributed by atoms with E-state index in [9.17, 15) is 9.59 Å². The molecule has 0 saturated carbocycles. The van der Waals surface area contributed by atoms with E-state index >= 15 is 0 Å². The van der Waals surface area contributed by atoms with Crippen LogP contribution in [0.25, 0.3) is 0 Å². The molecule has 0 aliphatic heterocycles. The number of rotatable bonds is 6. The molecule has 1 heterocycles. The van der Waals surface area contributed by atoms with Gasteiger partial charge in [-0.25, -0.2) is 9.78 Å². The van der Waals surface area contributed by atoms with Crippen molar-refractivity contribution in [1.82, 2.24) is 4.98 Å². The van der Waals surface area contributed by atoms with Gasteiger partial charge < -0.3 is 23.9 Å². The Morgan fingerprint density at radius 3 is 2.21 bits per heavy atom. The van der Waals surface area contributed by atoms with E-state index in [1.165, 1.54) is 26.4 Å². The van der Waals surface area contributed by atoms with Gasteiger partial charge in [-0.05, 0) is 13.8 Å². The molecular weight excluding hydrogens is 364 g/mol. The third-order valence-electron chi connectivity index (χ3n) is 4.07. The van der Waals surface area contributed by atoms with E-state index in [-0.39, 0.29) is 23.8 Å². The fraction of sp³-hybridized carbons (Fsp3) is 0.450. The molecule has 0 fully saturated rings. The predicted molar refractivity (Wildman–Crippen MR) is 103 cm³/mol. The van der Waals surface area contributed by atoms with Gasteiger partial charge in [0.05, 0.1) is 31.2 Å². The van der Waals surface area contributed by atoms with Gasteiger partial charge in [-0.1, -0.05) is 20.8 Å². The number of ether oxygens (including phenoxy) is 3. The summed E-state index contributed by atoms with van der Waals surface area (Å²) in [6, 6.07) is 2.99. The van der Waals surface area contributed by atoms with Crippen molar-refractivity contribution in [2.24, 2.45) is 5.41 Å². The Morgan fingerprint density at radius 2 is 1.71 bits per heavy atom. The molecule has 1 amide bonds. The summed E-state index contributed by atoms with van der Waals surface area (Å²) in [6.45, 7) is 8.77. The van der Waals surface area contributed by atoms with Crippen LogP contribution < -0.4 is 14.8 Å². The predicted octanol–water partition coefficient (Wildman–Crippen LogP) is 3.65. The first kappa shape index (κ1) is 21.3. The Balaban J connectivity index is 2.33. The van der Waals surface area contributed by atoms with Crippen LogP contribution in [0.15, 0.2) is 16.5 Å². The largest absolute Gasteiger partial charge is 0.493 e. The molecule has 2 rings (SSSR count). The molecule has 8 heteroatoms. The molecule has 28 heavy (non-hydrogen) atoms. The maximum atomic E-state index is 12.7. The maximum absolute atomic E-state index is 12.7. The lowest BCUT2D eigenvalue weighted by Gasteiger charge is -2.20. The lowest BCUT2D eigenvalue weighted by molar-refractivity contribution is -0.123. The van der Waals surface area contributed by atoms with E-state index in [1.807, 2.05) is 0 Å². The van der Waals surface area contributed by atoms with E-state index in [2.05, 4.69) is 10.3 Å². The monoisotopic (exact) mass is 390 g/mol. The molecule has 0 bridgehead atoms. The summed E-state index contributed by atoms with van der Waals surface area (Å²) >= 11 is 0. The van der Waals surface area contributed by atoms with Crippen LogP contribution in [0.1, 0.15) is 48.5 Å². The number of nitrogens with one attached hydrogen (secondary N) is 1. The maximum Gasteiger partial charge on any atom is 0.340 e. The highest BCUT2D eigenvalue weighted by Crippen LogP contribution is 2.34. The molecule has 152 valence electrons. The zero-order valence-corrected chi connectivity index (χ0v) is 17.3. The third kappa shape index (κ3) is 4.82. The lowest BCUT2D eigenvalue weighted by atomic mass is 9.95. The van der Waals surface area contributed by atoms with Gasteiger partial charge in [0, 0.05) is 17.5 Å². The van der Waals surface area contributed by atoms with Crippen LogP contribution in [-0.4, -0.2) is 31.1 Å². The van der Waals surface area contributed by atoms with Crippen molar-refractivity contribution >= 4 is 17.6 Å². The summed E-state index contributed by atoms with van der Waals surface area (Å²) in [5, 5.41) is 2.75. The molecule has 0 aliphatic rings. The molecule has 0 spiro atoms. The first-order chi connectivity index (χ1) is 13.1. The summed E-state index contributed by atoms with van der Waals surface area (Å²) in [5.74, 6) is 0.763. The Morgan fingerprint density at radius 1 is 1.11 bits per heavy atom. The van der Waals surface area contributed by atoms with E-state index in [4.69, 9.17) is 18.6 Å². The van der Waals surface area contributed by atoms with Gasteiger partial charge in [0.1, 0.15) is 5.76 Å². The number of nitrogens with zero attached hydrogens (tertiary/aromatic N) is 1. The minimum atomic E-state index is -0.654. The number of esters is 1. The molecule has 0 aliphatic carbocycles. The van der Waals surface area contributed by atoms with Crippen molar-refractivity contribution in [3.05, 3.63) is 35.0 Å². The van der Waals surface area contributed by atoms with E-state index in [1.54, 1.807) is 34.6 Å². The smallest absolute Gasteiger partial charge is 0.340 e. The molecule has 0 radical (unpaired) electrons. The second-order valence-corrected chi connectivity index (χ2v) is 7.28. The van der Waals surface area contributed by atoms with E-state index < -0.39 is 11.4 Å². The number of aromatic nitrogens is 1. The van der Waals surface area contributed by atoms with Crippen LogP contribution in [0, 0.1) is 19.3 Å². The van der Waals surface area contributed by atoms with Crippen LogP contribution >= 0.6 is 0 Å². The molecular formula is C20H26N2O6. The summed E-state index contributed by atoms with van der Waals surface area (Å²) in [4.78, 5) is 29.3. The Hall–Kier alpha value is -3.03. The molecule has 8 nitrogen and oxygen atoms in total. The minimum Gasteiger partial charge on any atom is -0.493 e. The second-order valence-electron chi connectivity index (χ2n) is 7.28. The number of methoxy groups -OCH3 is 2. The minimum absolute atomic E-state index is 0.130. The van der Waals surface area contributed by atoms with Crippen LogP contribution in [0.2, 0.25) is 0 Å². The number of anilines is 1. The zero-order valence-electron chi connectivity index (χ0n) is 17.3.